The number of nitrogens with two attached hydrogens (primary N) is 1. The summed E-state index contributed by atoms with van der Waals surface area (Å²) >= 11 is 0. The Morgan fingerprint density at radius 3 is 2.09 bits per heavy atom. The predicted molar refractivity (Wildman–Crippen MR) is 91.2 cm³/mol. The highest BCUT2D eigenvalue weighted by Crippen LogP contribution is 2.38. The van der Waals surface area contributed by atoms with Crippen molar-refractivity contribution >= 4 is 7.12 Å². The minimum Gasteiger partial charge on any atom is -0.402 e. The summed E-state index contributed by atoms with van der Waals surface area (Å²) in [6.45, 7) is 19.1. The second-order valence-electron chi connectivity index (χ2n) is 6.72. The zero-order chi connectivity index (χ0) is 17.1. The fourth-order valence-electron chi connectivity index (χ4n) is 2.22. The lowest BCUT2D eigenvalue weighted by Crippen LogP contribution is -2.41. The van der Waals surface area contributed by atoms with Crippen LogP contribution in [0.5, 0.6) is 0 Å². The first-order valence-corrected chi connectivity index (χ1v) is 7.82. The minimum absolute atomic E-state index is 0.216. The van der Waals surface area contributed by atoms with Crippen LogP contribution in [0.1, 0.15) is 41.0 Å². The molecule has 0 amide bonds. The van der Waals surface area contributed by atoms with E-state index in [2.05, 4.69) is 13.2 Å². The van der Waals surface area contributed by atoms with Gasteiger partial charge >= 0.3 is 7.12 Å². The van der Waals surface area contributed by atoms with Gasteiger partial charge in [-0.25, -0.2) is 0 Å². The van der Waals surface area contributed by atoms with Gasteiger partial charge in [0.15, 0.2) is 0 Å². The van der Waals surface area contributed by atoms with Gasteiger partial charge in [-0.2, -0.15) is 0 Å². The van der Waals surface area contributed by atoms with E-state index < -0.39 is 7.12 Å². The van der Waals surface area contributed by atoms with Crippen molar-refractivity contribution < 1.29 is 14.0 Å². The van der Waals surface area contributed by atoms with Gasteiger partial charge in [-0.05, 0) is 34.6 Å². The number of hydrogen-bond donors (Lipinski definition) is 1. The minimum atomic E-state index is -0.416. The molecule has 0 radical (unpaired) electrons. The van der Waals surface area contributed by atoms with Crippen LogP contribution in [0.2, 0.25) is 0 Å². The van der Waals surface area contributed by atoms with E-state index in [-0.39, 0.29) is 17.2 Å². The number of rotatable bonds is 8. The van der Waals surface area contributed by atoms with E-state index in [1.807, 2.05) is 46.6 Å². The van der Waals surface area contributed by atoms with Crippen LogP contribution in [0.15, 0.2) is 24.6 Å². The fraction of sp³-hybridized carbons (Fsp3) is 0.750. The Balaban J connectivity index is 2.79. The van der Waals surface area contributed by atoms with Crippen molar-refractivity contribution in [3.63, 3.8) is 0 Å². The zero-order valence-corrected chi connectivity index (χ0v) is 14.9. The Labute approximate surface area is 135 Å². The first-order valence-electron chi connectivity index (χ1n) is 7.82. The first kappa shape index (κ1) is 19.2. The largest absolute Gasteiger partial charge is 0.489 e. The van der Waals surface area contributed by atoms with Crippen LogP contribution in [0, 0.1) is 0 Å². The molecule has 5 nitrogen and oxygen atoms in total. The first-order chi connectivity index (χ1) is 10.1. The summed E-state index contributed by atoms with van der Waals surface area (Å²) in [4.78, 5) is 1.90. The molecular weight excluding hydrogens is 279 g/mol. The molecule has 0 bridgehead atoms. The predicted octanol–water partition coefficient (Wildman–Crippen LogP) is 2.33. The van der Waals surface area contributed by atoms with E-state index >= 15 is 0 Å². The summed E-state index contributed by atoms with van der Waals surface area (Å²) in [6, 6.07) is -0.216. The van der Waals surface area contributed by atoms with Gasteiger partial charge in [0.05, 0.1) is 17.2 Å². The second-order valence-corrected chi connectivity index (χ2v) is 6.72. The summed E-state index contributed by atoms with van der Waals surface area (Å²) in [5, 5.41) is 0. The molecule has 126 valence electrons. The van der Waals surface area contributed by atoms with Crippen molar-refractivity contribution in [2.45, 2.75) is 58.2 Å². The molecular formula is C16H31BN2O3. The smallest absolute Gasteiger partial charge is 0.402 e. The summed E-state index contributed by atoms with van der Waals surface area (Å²) in [7, 11) is 1.49. The Kier molecular flexibility index (Phi) is 6.27. The van der Waals surface area contributed by atoms with Crippen molar-refractivity contribution in [1.82, 2.24) is 4.90 Å². The summed E-state index contributed by atoms with van der Waals surface area (Å²) in [5.41, 5.74) is 6.58. The van der Waals surface area contributed by atoms with Crippen molar-refractivity contribution in [2.24, 2.45) is 5.73 Å². The van der Waals surface area contributed by atoms with E-state index in [0.717, 1.165) is 11.4 Å². The molecule has 1 aliphatic rings. The number of hydrogen-bond acceptors (Lipinski definition) is 5. The standard InChI is InChI=1S/C16H31BN2O3/c1-9-20-14(10-12(2)19(8)13(3)11-18)17-21-15(4,5)16(6,7)22-17/h14H,2-3,9-11,18H2,1,4-8H3. The van der Waals surface area contributed by atoms with E-state index in [0.29, 0.717) is 19.6 Å². The molecule has 1 heterocycles. The molecule has 0 aliphatic carbocycles. The van der Waals surface area contributed by atoms with E-state index in [4.69, 9.17) is 19.8 Å². The molecule has 1 unspecified atom stereocenters. The van der Waals surface area contributed by atoms with Gasteiger partial charge in [0.2, 0.25) is 0 Å². The van der Waals surface area contributed by atoms with Crippen LogP contribution in [0.3, 0.4) is 0 Å². The summed E-state index contributed by atoms with van der Waals surface area (Å²) in [6.07, 6.45) is 0.597. The number of ether oxygens (including phenoxy) is 1. The highest BCUT2D eigenvalue weighted by Gasteiger charge is 2.54. The number of likely N-dealkylation sites (N-methyl/N-ethyl adjacent to an activating group) is 1. The van der Waals surface area contributed by atoms with Gasteiger partial charge in [-0.15, -0.1) is 0 Å². The van der Waals surface area contributed by atoms with Crippen LogP contribution in [-0.4, -0.2) is 49.4 Å². The van der Waals surface area contributed by atoms with Crippen molar-refractivity contribution in [1.29, 1.82) is 0 Å². The average molecular weight is 310 g/mol. The molecule has 0 aromatic rings. The van der Waals surface area contributed by atoms with Gasteiger partial charge in [0, 0.05) is 38.0 Å². The maximum Gasteiger partial charge on any atom is 0.489 e. The monoisotopic (exact) mass is 310 g/mol. The maximum absolute atomic E-state index is 6.09. The van der Waals surface area contributed by atoms with E-state index in [1.54, 1.807) is 0 Å². The Morgan fingerprint density at radius 2 is 1.68 bits per heavy atom. The molecule has 1 fully saturated rings. The van der Waals surface area contributed by atoms with Crippen molar-refractivity contribution in [2.75, 3.05) is 20.2 Å². The van der Waals surface area contributed by atoms with E-state index in [1.165, 1.54) is 0 Å². The quantitative estimate of drug-likeness (QED) is 0.697. The average Bonchev–Trinajstić information content (AvgIpc) is 2.65. The van der Waals surface area contributed by atoms with Crippen LogP contribution in [-0.2, 0) is 14.0 Å². The topological polar surface area (TPSA) is 57.0 Å². The Hall–Kier alpha value is -0.815. The fourth-order valence-corrected chi connectivity index (χ4v) is 2.22. The molecule has 0 saturated carbocycles. The second kappa shape index (κ2) is 7.17. The van der Waals surface area contributed by atoms with Crippen LogP contribution in [0.25, 0.3) is 0 Å². The molecule has 2 N–H and O–H groups in total. The molecule has 1 atom stereocenters. The third-order valence-electron chi connectivity index (χ3n) is 4.58. The third-order valence-corrected chi connectivity index (χ3v) is 4.58. The van der Waals surface area contributed by atoms with Gasteiger partial charge in [-0.1, -0.05) is 13.2 Å². The van der Waals surface area contributed by atoms with Crippen LogP contribution in [0.4, 0.5) is 0 Å². The summed E-state index contributed by atoms with van der Waals surface area (Å²) in [5.74, 6) is 0. The van der Waals surface area contributed by atoms with Gasteiger partial charge < -0.3 is 24.7 Å². The van der Waals surface area contributed by atoms with Crippen LogP contribution < -0.4 is 5.73 Å². The van der Waals surface area contributed by atoms with Crippen molar-refractivity contribution in [3.05, 3.63) is 24.6 Å². The Morgan fingerprint density at radius 1 is 1.18 bits per heavy atom. The highest BCUT2D eigenvalue weighted by molar-refractivity contribution is 6.47. The SMILES string of the molecule is C=C(CN)N(C)C(=C)CC(OCC)B1OC(C)(C)C(C)(C)O1. The summed E-state index contributed by atoms with van der Waals surface area (Å²) < 4.78 is 18.0. The van der Waals surface area contributed by atoms with Crippen molar-refractivity contribution in [3.8, 4) is 0 Å². The van der Waals surface area contributed by atoms with Crippen LogP contribution >= 0.6 is 0 Å². The lowest BCUT2D eigenvalue weighted by molar-refractivity contribution is 0.00578. The molecule has 22 heavy (non-hydrogen) atoms. The van der Waals surface area contributed by atoms with E-state index in [9.17, 15) is 0 Å². The third kappa shape index (κ3) is 4.13. The number of nitrogens with zero attached hydrogens (tertiary/aromatic N) is 1. The lowest BCUT2D eigenvalue weighted by Gasteiger charge is -2.32. The van der Waals surface area contributed by atoms with Gasteiger partial charge in [0.25, 0.3) is 0 Å². The normalized spacial score (nSPS) is 20.8. The molecule has 1 saturated heterocycles. The molecule has 0 spiro atoms. The maximum atomic E-state index is 6.09. The highest BCUT2D eigenvalue weighted by atomic mass is 16.7. The molecule has 0 aromatic heterocycles. The molecule has 6 heteroatoms. The molecule has 1 aliphatic heterocycles. The van der Waals surface area contributed by atoms with Gasteiger partial charge in [-0.3, -0.25) is 0 Å². The lowest BCUT2D eigenvalue weighted by atomic mass is 9.78. The molecule has 1 rings (SSSR count). The molecule has 0 aromatic carbocycles. The zero-order valence-electron chi connectivity index (χ0n) is 14.9. The van der Waals surface area contributed by atoms with Gasteiger partial charge in [0.1, 0.15) is 0 Å². The Bertz CT molecular complexity index is 408.